The molecule has 2 aliphatic rings. The zero-order chi connectivity index (χ0) is 22.2. The van der Waals surface area contributed by atoms with Crippen LogP contribution in [0.1, 0.15) is 11.6 Å². The van der Waals surface area contributed by atoms with Crippen LogP contribution in [0.15, 0.2) is 35.7 Å². The number of nitrogens with zero attached hydrogens (tertiary/aromatic N) is 1. The number of carbonyl (C=O) groups excluding carboxylic acids is 3. The first-order valence-corrected chi connectivity index (χ1v) is 11.5. The number of hydrogen-bond donors (Lipinski definition) is 3. The molecule has 0 saturated carbocycles. The summed E-state index contributed by atoms with van der Waals surface area (Å²) in [5.74, 6) is -2.51. The SMILES string of the molecule is COC1=C(C(=O)[O-])N2C(=O)[C@@H](NC(=O)C(N)c3cccc(NS(C)(=O)=O)c3)[C@H]2SC1.[Na+]. The van der Waals surface area contributed by atoms with Gasteiger partial charge >= 0.3 is 29.6 Å². The van der Waals surface area contributed by atoms with Gasteiger partial charge in [-0.25, -0.2) is 8.42 Å². The maximum Gasteiger partial charge on any atom is 1.00 e. The second-order valence-corrected chi connectivity index (χ2v) is 9.49. The zero-order valence-electron chi connectivity index (χ0n) is 16.9. The number of benzene rings is 1. The van der Waals surface area contributed by atoms with Crippen molar-refractivity contribution in [3.8, 4) is 0 Å². The summed E-state index contributed by atoms with van der Waals surface area (Å²) in [5, 5.41) is 13.3. The number of nitrogens with two attached hydrogens (primary N) is 1. The monoisotopic (exact) mass is 478 g/mol. The Bertz CT molecular complexity index is 1050. The third kappa shape index (κ3) is 5.35. The number of β-lactam (4-membered cyclic amide) rings is 1. The first-order valence-electron chi connectivity index (χ1n) is 8.60. The van der Waals surface area contributed by atoms with Gasteiger partial charge in [0.1, 0.15) is 28.9 Å². The summed E-state index contributed by atoms with van der Waals surface area (Å²) < 4.78 is 30.0. The summed E-state index contributed by atoms with van der Waals surface area (Å²) in [4.78, 5) is 37.5. The van der Waals surface area contributed by atoms with E-state index in [0.717, 1.165) is 11.2 Å². The molecule has 14 heteroatoms. The quantitative estimate of drug-likeness (QED) is 0.257. The van der Waals surface area contributed by atoms with Gasteiger partial charge in [-0.3, -0.25) is 19.2 Å². The number of anilines is 1. The van der Waals surface area contributed by atoms with E-state index in [9.17, 15) is 27.9 Å². The van der Waals surface area contributed by atoms with Gasteiger partial charge in [0.05, 0.1) is 25.1 Å². The number of sulfonamides is 1. The average molecular weight is 478 g/mol. The van der Waals surface area contributed by atoms with E-state index in [4.69, 9.17) is 10.5 Å². The molecular formula is C17H19N4NaO7S2. The van der Waals surface area contributed by atoms with Crippen LogP contribution in [-0.2, 0) is 29.1 Å². The van der Waals surface area contributed by atoms with Crippen LogP contribution in [0.25, 0.3) is 0 Å². The van der Waals surface area contributed by atoms with Crippen LogP contribution in [0.2, 0.25) is 0 Å². The van der Waals surface area contributed by atoms with Gasteiger partial charge in [0.2, 0.25) is 15.9 Å². The normalized spacial score (nSPS) is 21.3. The number of carboxylic acids is 1. The first kappa shape index (κ1) is 25.5. The van der Waals surface area contributed by atoms with E-state index in [0.29, 0.717) is 5.56 Å². The van der Waals surface area contributed by atoms with Gasteiger partial charge in [0, 0.05) is 5.69 Å². The second-order valence-electron chi connectivity index (χ2n) is 6.64. The maximum absolute atomic E-state index is 12.6. The van der Waals surface area contributed by atoms with Gasteiger partial charge in [0.15, 0.2) is 0 Å². The fourth-order valence-electron chi connectivity index (χ4n) is 3.14. The van der Waals surface area contributed by atoms with Gasteiger partial charge in [-0.2, -0.15) is 0 Å². The summed E-state index contributed by atoms with van der Waals surface area (Å²) >= 11 is 1.24. The Labute approximate surface area is 205 Å². The van der Waals surface area contributed by atoms with Crippen LogP contribution in [0.4, 0.5) is 5.69 Å². The van der Waals surface area contributed by atoms with E-state index in [-0.39, 0.29) is 52.5 Å². The molecule has 1 unspecified atom stereocenters. The molecule has 1 aromatic carbocycles. The molecule has 162 valence electrons. The van der Waals surface area contributed by atoms with Crippen molar-refractivity contribution in [3.05, 3.63) is 41.3 Å². The van der Waals surface area contributed by atoms with Crippen molar-refractivity contribution in [1.82, 2.24) is 10.2 Å². The number of rotatable bonds is 7. The van der Waals surface area contributed by atoms with Crippen molar-refractivity contribution >= 4 is 45.3 Å². The van der Waals surface area contributed by atoms with Crippen LogP contribution >= 0.6 is 11.8 Å². The molecule has 2 aliphatic heterocycles. The average Bonchev–Trinajstić information content (AvgIpc) is 2.68. The summed E-state index contributed by atoms with van der Waals surface area (Å²) in [5.41, 5.74) is 6.20. The third-order valence-corrected chi connectivity index (χ3v) is 6.36. The van der Waals surface area contributed by atoms with Crippen molar-refractivity contribution in [3.63, 3.8) is 0 Å². The molecule has 3 atom stereocenters. The summed E-state index contributed by atoms with van der Waals surface area (Å²) in [6.45, 7) is 0. The Hall–Kier alpha value is -1.77. The van der Waals surface area contributed by atoms with Gasteiger partial charge in [-0.05, 0) is 17.7 Å². The Morgan fingerprint density at radius 3 is 2.65 bits per heavy atom. The number of carbonyl (C=O) groups is 3. The van der Waals surface area contributed by atoms with Crippen molar-refractivity contribution < 1.29 is 62.2 Å². The van der Waals surface area contributed by atoms with Crippen molar-refractivity contribution in [2.24, 2.45) is 5.73 Å². The van der Waals surface area contributed by atoms with Gasteiger partial charge < -0.3 is 25.7 Å². The van der Waals surface area contributed by atoms with E-state index in [1.807, 2.05) is 0 Å². The number of amides is 2. The minimum absolute atomic E-state index is 0. The smallest absolute Gasteiger partial charge is 0.543 e. The Kier molecular flexibility index (Phi) is 8.05. The van der Waals surface area contributed by atoms with E-state index < -0.39 is 45.3 Å². The summed E-state index contributed by atoms with van der Waals surface area (Å²) in [6, 6.07) is 3.86. The zero-order valence-corrected chi connectivity index (χ0v) is 20.6. The van der Waals surface area contributed by atoms with E-state index in [1.54, 1.807) is 6.07 Å². The molecule has 11 nitrogen and oxygen atoms in total. The minimum atomic E-state index is -3.51. The molecule has 0 radical (unpaired) electrons. The fraction of sp³-hybridized carbons (Fsp3) is 0.353. The standard InChI is InChI=1S/C17H20N4O7S2.Na/c1-28-10-7-29-16-12(15(23)21(16)13(10)17(24)25)19-14(22)11(18)8-4-3-5-9(6-8)20-30(2,26)27;/h3-6,11-12,16,20H,7,18H2,1-2H3,(H,19,22)(H,24,25);/q;+1/p-1/t11?,12-,16-;/m1./s1. The number of aliphatic carboxylic acids is 1. The molecule has 1 fully saturated rings. The molecule has 0 spiro atoms. The second kappa shape index (κ2) is 9.79. The van der Waals surface area contributed by atoms with Crippen LogP contribution in [0.5, 0.6) is 0 Å². The number of thioether (sulfide) groups is 1. The number of fused-ring (bicyclic) bond motifs is 1. The summed E-state index contributed by atoms with van der Waals surface area (Å²) in [7, 11) is -2.21. The largest absolute Gasteiger partial charge is 1.00 e. The fourth-order valence-corrected chi connectivity index (χ4v) is 5.01. The van der Waals surface area contributed by atoms with Crippen LogP contribution in [0.3, 0.4) is 0 Å². The predicted octanol–water partition coefficient (Wildman–Crippen LogP) is -4.93. The van der Waals surface area contributed by atoms with Crippen molar-refractivity contribution in [1.29, 1.82) is 0 Å². The molecule has 3 rings (SSSR count). The van der Waals surface area contributed by atoms with Crippen LogP contribution in [0, 0.1) is 0 Å². The number of methoxy groups -OCH3 is 1. The molecule has 4 N–H and O–H groups in total. The third-order valence-electron chi connectivity index (χ3n) is 4.50. The van der Waals surface area contributed by atoms with Gasteiger partial charge in [-0.15, -0.1) is 11.8 Å². The molecule has 0 aromatic heterocycles. The molecule has 31 heavy (non-hydrogen) atoms. The first-order chi connectivity index (χ1) is 14.0. The number of ether oxygens (including phenoxy) is 1. The van der Waals surface area contributed by atoms with E-state index in [2.05, 4.69) is 10.0 Å². The number of carboxylic acid groups (broad SMARTS) is 1. The predicted molar refractivity (Wildman–Crippen MR) is 106 cm³/mol. The Balaban J connectivity index is 0.00000341. The van der Waals surface area contributed by atoms with Gasteiger partial charge in [0.25, 0.3) is 5.91 Å². The van der Waals surface area contributed by atoms with Crippen molar-refractivity contribution in [2.75, 3.05) is 23.8 Å². The maximum atomic E-state index is 12.6. The Morgan fingerprint density at radius 1 is 1.39 bits per heavy atom. The molecule has 0 bridgehead atoms. The van der Waals surface area contributed by atoms with Crippen molar-refractivity contribution in [2.45, 2.75) is 17.5 Å². The van der Waals surface area contributed by atoms with E-state index in [1.165, 1.54) is 37.1 Å². The summed E-state index contributed by atoms with van der Waals surface area (Å²) in [6.07, 6.45) is 0.993. The molecule has 2 amide bonds. The molecular weight excluding hydrogens is 459 g/mol. The number of nitrogens with one attached hydrogen (secondary N) is 2. The molecule has 1 saturated heterocycles. The minimum Gasteiger partial charge on any atom is -0.543 e. The van der Waals surface area contributed by atoms with E-state index >= 15 is 0 Å². The van der Waals surface area contributed by atoms with Gasteiger partial charge in [-0.1, -0.05) is 12.1 Å². The number of hydrogen-bond acceptors (Lipinski definition) is 9. The van der Waals surface area contributed by atoms with Crippen LogP contribution in [-0.4, -0.2) is 61.6 Å². The molecule has 1 aromatic rings. The molecule has 0 aliphatic carbocycles. The Morgan fingerprint density at radius 2 is 2.06 bits per heavy atom. The van der Waals surface area contributed by atoms with Crippen LogP contribution < -0.4 is 50.4 Å². The molecule has 2 heterocycles. The topological polar surface area (TPSA) is 171 Å².